The molecule has 0 atom stereocenters. The number of carbonyl (C=O) groups is 2. The van der Waals surface area contributed by atoms with Crippen molar-refractivity contribution in [1.29, 1.82) is 0 Å². The van der Waals surface area contributed by atoms with Crippen LogP contribution in [-0.4, -0.2) is 21.6 Å². The topological polar surface area (TPSA) is 93.1 Å². The molecule has 0 unspecified atom stereocenters. The fourth-order valence-corrected chi connectivity index (χ4v) is 2.77. The van der Waals surface area contributed by atoms with Crippen LogP contribution in [0.2, 0.25) is 0 Å². The molecule has 0 aliphatic rings. The summed E-state index contributed by atoms with van der Waals surface area (Å²) in [6.07, 6.45) is 1.16. The molecule has 0 fully saturated rings. The van der Waals surface area contributed by atoms with Crippen molar-refractivity contribution in [2.75, 3.05) is 0 Å². The van der Waals surface area contributed by atoms with Crippen LogP contribution in [0, 0.1) is 0 Å². The lowest BCUT2D eigenvalue weighted by Crippen LogP contribution is -2.43. The van der Waals surface area contributed by atoms with Gasteiger partial charge in [-0.25, -0.2) is 0 Å². The Morgan fingerprint density at radius 1 is 1.04 bits per heavy atom. The molecule has 2 aromatic carbocycles. The Bertz CT molecular complexity index is 1020. The Labute approximate surface area is 150 Å². The minimum atomic E-state index is -0.471. The summed E-state index contributed by atoms with van der Waals surface area (Å²) in [4.78, 5) is 35.9. The molecule has 8 heteroatoms. The second kappa shape index (κ2) is 7.27. The number of halogens is 1. The third-order valence-electron chi connectivity index (χ3n) is 3.49. The molecule has 25 heavy (non-hydrogen) atoms. The van der Waals surface area contributed by atoms with Crippen LogP contribution in [0.3, 0.4) is 0 Å². The molecule has 3 aromatic rings. The molecular weight excluding hydrogens is 388 g/mol. The average Bonchev–Trinajstić information content (AvgIpc) is 2.63. The molecule has 126 valence electrons. The summed E-state index contributed by atoms with van der Waals surface area (Å²) in [6.45, 7) is -0.142. The van der Waals surface area contributed by atoms with Crippen molar-refractivity contribution in [3.63, 3.8) is 0 Å². The molecule has 0 radical (unpaired) electrons. The van der Waals surface area contributed by atoms with Crippen LogP contribution in [0.5, 0.6) is 0 Å². The maximum atomic E-state index is 12.1. The first-order chi connectivity index (χ1) is 12.1. The van der Waals surface area contributed by atoms with Gasteiger partial charge in [-0.1, -0.05) is 24.3 Å². The van der Waals surface area contributed by atoms with Crippen LogP contribution in [0.1, 0.15) is 10.4 Å². The SMILES string of the molecule is O=C(Cn1ncc(=O)c2ccccc21)NNC(=O)c1ccccc1Br. The Morgan fingerprint density at radius 3 is 2.56 bits per heavy atom. The van der Waals surface area contributed by atoms with E-state index in [0.29, 0.717) is 20.9 Å². The Kier molecular flexibility index (Phi) is 4.90. The molecular formula is C17H13BrN4O3. The monoisotopic (exact) mass is 400 g/mol. The number of fused-ring (bicyclic) bond motifs is 1. The second-order valence-corrected chi connectivity index (χ2v) is 6.02. The Balaban J connectivity index is 1.70. The fourth-order valence-electron chi connectivity index (χ4n) is 2.30. The van der Waals surface area contributed by atoms with Gasteiger partial charge in [0.1, 0.15) is 6.54 Å². The summed E-state index contributed by atoms with van der Waals surface area (Å²) in [5.41, 5.74) is 5.41. The molecule has 3 rings (SSSR count). The lowest BCUT2D eigenvalue weighted by molar-refractivity contribution is -0.122. The molecule has 0 aliphatic carbocycles. The van der Waals surface area contributed by atoms with Gasteiger partial charge in [-0.3, -0.25) is 29.9 Å². The predicted octanol–water partition coefficient (Wildman–Crippen LogP) is 1.62. The van der Waals surface area contributed by atoms with Gasteiger partial charge >= 0.3 is 0 Å². The van der Waals surface area contributed by atoms with E-state index in [9.17, 15) is 14.4 Å². The fraction of sp³-hybridized carbons (Fsp3) is 0.0588. The molecule has 0 saturated carbocycles. The molecule has 0 aliphatic heterocycles. The number of carbonyl (C=O) groups excluding carboxylic acids is 2. The maximum absolute atomic E-state index is 12.1. The summed E-state index contributed by atoms with van der Waals surface area (Å²) in [6, 6.07) is 13.7. The van der Waals surface area contributed by atoms with Gasteiger partial charge < -0.3 is 0 Å². The van der Waals surface area contributed by atoms with Crippen molar-refractivity contribution in [3.8, 4) is 0 Å². The number of para-hydroxylation sites is 1. The Hall–Kier alpha value is -3.00. The van der Waals surface area contributed by atoms with E-state index in [1.807, 2.05) is 0 Å². The lowest BCUT2D eigenvalue weighted by Gasteiger charge is -2.11. The predicted molar refractivity (Wildman–Crippen MR) is 95.8 cm³/mol. The van der Waals surface area contributed by atoms with Gasteiger partial charge in [0.2, 0.25) is 5.43 Å². The van der Waals surface area contributed by atoms with E-state index < -0.39 is 11.8 Å². The largest absolute Gasteiger partial charge is 0.287 e. The zero-order valence-electron chi connectivity index (χ0n) is 12.9. The Morgan fingerprint density at radius 2 is 1.76 bits per heavy atom. The third-order valence-corrected chi connectivity index (χ3v) is 4.18. The molecule has 0 saturated heterocycles. The van der Waals surface area contributed by atoms with Crippen LogP contribution >= 0.6 is 15.9 Å². The highest BCUT2D eigenvalue weighted by Gasteiger charge is 2.11. The van der Waals surface area contributed by atoms with Crippen LogP contribution in [0.15, 0.2) is 64.0 Å². The average molecular weight is 401 g/mol. The van der Waals surface area contributed by atoms with E-state index in [0.717, 1.165) is 6.20 Å². The van der Waals surface area contributed by atoms with E-state index in [4.69, 9.17) is 0 Å². The highest BCUT2D eigenvalue weighted by atomic mass is 79.9. The van der Waals surface area contributed by atoms with Gasteiger partial charge in [-0.15, -0.1) is 0 Å². The normalized spacial score (nSPS) is 10.4. The number of benzene rings is 2. The molecule has 1 heterocycles. The van der Waals surface area contributed by atoms with Crippen molar-refractivity contribution < 1.29 is 9.59 Å². The van der Waals surface area contributed by atoms with Gasteiger partial charge in [0.25, 0.3) is 11.8 Å². The number of hydrazine groups is 1. The first-order valence-electron chi connectivity index (χ1n) is 7.35. The molecule has 2 N–H and O–H groups in total. The summed E-state index contributed by atoms with van der Waals surface area (Å²) < 4.78 is 2.02. The first-order valence-corrected chi connectivity index (χ1v) is 8.14. The second-order valence-electron chi connectivity index (χ2n) is 5.17. The van der Waals surface area contributed by atoms with Crippen LogP contribution in [-0.2, 0) is 11.3 Å². The lowest BCUT2D eigenvalue weighted by atomic mass is 10.2. The molecule has 0 spiro atoms. The van der Waals surface area contributed by atoms with Crippen molar-refractivity contribution in [3.05, 3.63) is 75.0 Å². The number of hydrogen-bond acceptors (Lipinski definition) is 4. The van der Waals surface area contributed by atoms with E-state index in [1.54, 1.807) is 48.5 Å². The van der Waals surface area contributed by atoms with Crippen molar-refractivity contribution in [1.82, 2.24) is 20.6 Å². The smallest absolute Gasteiger partial charge is 0.270 e. The maximum Gasteiger partial charge on any atom is 0.270 e. The summed E-state index contributed by atoms with van der Waals surface area (Å²) >= 11 is 3.27. The van der Waals surface area contributed by atoms with E-state index in [1.165, 1.54) is 4.68 Å². The molecule has 2 amide bonds. The molecule has 7 nitrogen and oxygen atoms in total. The number of nitrogens with one attached hydrogen (secondary N) is 2. The van der Waals surface area contributed by atoms with Gasteiger partial charge in [-0.2, -0.15) is 5.10 Å². The van der Waals surface area contributed by atoms with Crippen molar-refractivity contribution in [2.24, 2.45) is 0 Å². The van der Waals surface area contributed by atoms with Gasteiger partial charge in [0.15, 0.2) is 0 Å². The number of nitrogens with zero attached hydrogens (tertiary/aromatic N) is 2. The van der Waals surface area contributed by atoms with Crippen molar-refractivity contribution in [2.45, 2.75) is 6.54 Å². The zero-order chi connectivity index (χ0) is 17.8. The number of rotatable bonds is 3. The summed E-state index contributed by atoms with van der Waals surface area (Å²) in [7, 11) is 0. The highest BCUT2D eigenvalue weighted by molar-refractivity contribution is 9.10. The minimum Gasteiger partial charge on any atom is -0.287 e. The van der Waals surface area contributed by atoms with E-state index in [2.05, 4.69) is 31.9 Å². The molecule has 0 bridgehead atoms. The van der Waals surface area contributed by atoms with E-state index >= 15 is 0 Å². The standard InChI is InChI=1S/C17H13BrN4O3/c18-13-7-3-1-5-11(13)17(25)21-20-16(24)10-22-14-8-4-2-6-12(14)15(23)9-19-22/h1-9H,10H2,(H,20,24)(H,21,25). The third kappa shape index (κ3) is 3.74. The van der Waals surface area contributed by atoms with Crippen LogP contribution < -0.4 is 16.3 Å². The quantitative estimate of drug-likeness (QED) is 0.653. The van der Waals surface area contributed by atoms with Crippen molar-refractivity contribution >= 4 is 38.6 Å². The summed E-state index contributed by atoms with van der Waals surface area (Å²) in [5, 5.41) is 4.44. The molecule has 1 aromatic heterocycles. The van der Waals surface area contributed by atoms with Gasteiger partial charge in [-0.05, 0) is 40.2 Å². The summed E-state index contributed by atoms with van der Waals surface area (Å²) in [5.74, 6) is -0.916. The minimum absolute atomic E-state index is 0.142. The van der Waals surface area contributed by atoms with Gasteiger partial charge in [0, 0.05) is 9.86 Å². The highest BCUT2D eigenvalue weighted by Crippen LogP contribution is 2.15. The zero-order valence-corrected chi connectivity index (χ0v) is 14.5. The van der Waals surface area contributed by atoms with E-state index in [-0.39, 0.29) is 12.0 Å². The number of hydrogen-bond donors (Lipinski definition) is 2. The number of amides is 2. The van der Waals surface area contributed by atoms with Gasteiger partial charge in [0.05, 0.1) is 17.3 Å². The first kappa shape index (κ1) is 16.8. The van der Waals surface area contributed by atoms with Crippen LogP contribution in [0.4, 0.5) is 0 Å². The number of aromatic nitrogens is 2. The van der Waals surface area contributed by atoms with Crippen LogP contribution in [0.25, 0.3) is 10.9 Å².